The van der Waals surface area contributed by atoms with Crippen LogP contribution in [0.3, 0.4) is 0 Å². The molecule has 4 aromatic heterocycles. The Morgan fingerprint density at radius 2 is 1.27 bits per heavy atom. The molecule has 0 aliphatic carbocycles. The van der Waals surface area contributed by atoms with Crippen LogP contribution in [-0.2, 0) is 14.3 Å². The van der Waals surface area contributed by atoms with E-state index in [0.29, 0.717) is 35.4 Å². The van der Waals surface area contributed by atoms with E-state index in [4.69, 9.17) is 14.7 Å². The van der Waals surface area contributed by atoms with Crippen LogP contribution in [0.25, 0.3) is 31.1 Å². The number of H-pyrrole nitrogens is 2. The molecule has 0 saturated carbocycles. The first-order valence-electron chi connectivity index (χ1n) is 16.3. The highest BCUT2D eigenvalue weighted by Crippen LogP contribution is 2.38. The third-order valence-corrected chi connectivity index (χ3v) is 11.0. The van der Waals surface area contributed by atoms with Crippen LogP contribution in [0.2, 0.25) is 0 Å². The number of imidazole rings is 2. The van der Waals surface area contributed by atoms with Crippen molar-refractivity contribution in [3.63, 3.8) is 0 Å². The summed E-state index contributed by atoms with van der Waals surface area (Å²) >= 11 is 2.85. The van der Waals surface area contributed by atoms with Crippen LogP contribution in [0.1, 0.15) is 77.1 Å². The van der Waals surface area contributed by atoms with Crippen LogP contribution in [0.4, 0.5) is 9.59 Å². The summed E-state index contributed by atoms with van der Waals surface area (Å²) < 4.78 is 4.73. The van der Waals surface area contributed by atoms with Crippen LogP contribution >= 0.6 is 22.7 Å². The summed E-state index contributed by atoms with van der Waals surface area (Å²) in [5.74, 6) is 0.547. The van der Waals surface area contributed by atoms with Crippen molar-refractivity contribution in [3.05, 3.63) is 24.0 Å². The van der Waals surface area contributed by atoms with Gasteiger partial charge in [0.15, 0.2) is 9.66 Å². The van der Waals surface area contributed by atoms with Gasteiger partial charge in [0.1, 0.15) is 33.7 Å². The lowest BCUT2D eigenvalue weighted by atomic mass is 10.0. The number of nitrogens with zero attached hydrogens (tertiary/aromatic N) is 6. The molecule has 0 aromatic carbocycles. The maximum atomic E-state index is 13.5. The summed E-state index contributed by atoms with van der Waals surface area (Å²) in [7, 11) is 1.27. The van der Waals surface area contributed by atoms with E-state index in [1.165, 1.54) is 29.8 Å². The Labute approximate surface area is 290 Å². The zero-order chi connectivity index (χ0) is 35.0. The van der Waals surface area contributed by atoms with Crippen molar-refractivity contribution >= 4 is 56.3 Å². The van der Waals surface area contributed by atoms with E-state index in [0.717, 1.165) is 46.0 Å². The van der Waals surface area contributed by atoms with Crippen molar-refractivity contribution in [1.29, 1.82) is 0 Å². The minimum absolute atomic E-state index is 0.124. The molecule has 0 bridgehead atoms. The Balaban J connectivity index is 1.16. The van der Waals surface area contributed by atoms with Gasteiger partial charge in [-0.15, -0.1) is 0 Å². The number of aromatic amines is 2. The predicted octanol–water partition coefficient (Wildman–Crippen LogP) is 4.53. The Kier molecular flexibility index (Phi) is 9.87. The SMILES string of the molecule is COC(=O)N[C@H](C(=O)N1CCCC1c1ncc(-c2nc3sc(-c4cnc([C@@H]5CCCN5C(=O)[C@@H](NC(=O)O)C(C)C)[nH]4)nc3s2)[nH]1)C(C)C. The summed E-state index contributed by atoms with van der Waals surface area (Å²) in [6.45, 7) is 8.49. The number of carboxylic acid groups (broad SMARTS) is 1. The van der Waals surface area contributed by atoms with Gasteiger partial charge in [-0.1, -0.05) is 50.4 Å². The molecule has 0 radical (unpaired) electrons. The highest BCUT2D eigenvalue weighted by Gasteiger charge is 2.39. The molecule has 262 valence electrons. The largest absolute Gasteiger partial charge is 0.465 e. The van der Waals surface area contributed by atoms with Gasteiger partial charge in [-0.3, -0.25) is 9.59 Å². The smallest absolute Gasteiger partial charge is 0.407 e. The summed E-state index contributed by atoms with van der Waals surface area (Å²) in [6, 6.07) is -2.09. The molecule has 4 aromatic rings. The van der Waals surface area contributed by atoms with E-state index in [2.05, 4.69) is 30.6 Å². The number of nitrogens with one attached hydrogen (secondary N) is 4. The minimum atomic E-state index is -1.23. The van der Waals surface area contributed by atoms with Crippen LogP contribution in [0.15, 0.2) is 12.4 Å². The molecule has 4 amide bonds. The fourth-order valence-electron chi connectivity index (χ4n) is 6.43. The maximum absolute atomic E-state index is 13.5. The number of rotatable bonds is 10. The second kappa shape index (κ2) is 14.1. The van der Waals surface area contributed by atoms with Crippen molar-refractivity contribution in [1.82, 2.24) is 50.3 Å². The van der Waals surface area contributed by atoms with Gasteiger partial charge in [0, 0.05) is 13.1 Å². The molecule has 18 heteroatoms. The van der Waals surface area contributed by atoms with Crippen molar-refractivity contribution in [2.24, 2.45) is 11.8 Å². The maximum Gasteiger partial charge on any atom is 0.407 e. The summed E-state index contributed by atoms with van der Waals surface area (Å²) in [5.41, 5.74) is 1.44. The normalized spacial score (nSPS) is 19.2. The highest BCUT2D eigenvalue weighted by atomic mass is 32.1. The topological polar surface area (TPSA) is 211 Å². The highest BCUT2D eigenvalue weighted by molar-refractivity contribution is 7.29. The molecule has 49 heavy (non-hydrogen) atoms. The van der Waals surface area contributed by atoms with Gasteiger partial charge >= 0.3 is 12.2 Å². The number of thiazole rings is 2. The number of hydrogen-bond donors (Lipinski definition) is 5. The number of likely N-dealkylation sites (tertiary alicyclic amines) is 2. The quantitative estimate of drug-likeness (QED) is 0.155. The van der Waals surface area contributed by atoms with Crippen molar-refractivity contribution in [2.45, 2.75) is 77.5 Å². The van der Waals surface area contributed by atoms with E-state index in [9.17, 15) is 24.3 Å². The third-order valence-electron chi connectivity index (χ3n) is 8.93. The minimum Gasteiger partial charge on any atom is -0.465 e. The number of carbonyl (C=O) groups excluding carboxylic acids is 3. The average molecular weight is 713 g/mol. The number of amides is 4. The molecule has 6 heterocycles. The summed E-state index contributed by atoms with van der Waals surface area (Å²) in [5, 5.41) is 15.7. The number of ether oxygens (including phenoxy) is 1. The van der Waals surface area contributed by atoms with Gasteiger partial charge in [-0.05, 0) is 37.5 Å². The molecule has 2 aliphatic rings. The van der Waals surface area contributed by atoms with Gasteiger partial charge in [-0.2, -0.15) is 0 Å². The van der Waals surface area contributed by atoms with Gasteiger partial charge in [0.2, 0.25) is 11.8 Å². The molecule has 2 aliphatic heterocycles. The van der Waals surface area contributed by atoms with Crippen LogP contribution < -0.4 is 10.6 Å². The lowest BCUT2D eigenvalue weighted by Gasteiger charge is -2.29. The molecule has 16 nitrogen and oxygen atoms in total. The molecule has 6 rings (SSSR count). The predicted molar refractivity (Wildman–Crippen MR) is 182 cm³/mol. The number of hydrogen-bond acceptors (Lipinski definition) is 11. The van der Waals surface area contributed by atoms with Crippen molar-refractivity contribution < 1.29 is 29.0 Å². The molecule has 2 saturated heterocycles. The number of alkyl carbamates (subject to hydrolysis) is 1. The van der Waals surface area contributed by atoms with Crippen molar-refractivity contribution in [3.8, 4) is 21.4 Å². The first-order valence-corrected chi connectivity index (χ1v) is 17.9. The van der Waals surface area contributed by atoms with Gasteiger partial charge < -0.3 is 40.2 Å². The Morgan fingerprint density at radius 3 is 1.67 bits per heavy atom. The van der Waals surface area contributed by atoms with Gasteiger partial charge in [-0.25, -0.2) is 29.5 Å². The Hall–Kier alpha value is -4.58. The number of carbonyl (C=O) groups is 4. The molecular formula is C31H40N10O6S2. The number of methoxy groups -OCH3 is 1. The number of fused-ring (bicyclic) bond motifs is 1. The molecular weight excluding hydrogens is 673 g/mol. The Bertz CT molecular complexity index is 1810. The lowest BCUT2D eigenvalue weighted by Crippen LogP contribution is -2.51. The van der Waals surface area contributed by atoms with Crippen LogP contribution in [-0.4, -0.2) is 101 Å². The second-order valence-corrected chi connectivity index (χ2v) is 14.9. The third kappa shape index (κ3) is 6.96. The summed E-state index contributed by atoms with van der Waals surface area (Å²) in [4.78, 5) is 80.6. The fraction of sp³-hybridized carbons (Fsp3) is 0.548. The van der Waals surface area contributed by atoms with E-state index in [1.54, 1.807) is 22.2 Å². The zero-order valence-corrected chi connectivity index (χ0v) is 29.5. The number of aromatic nitrogens is 6. The summed E-state index contributed by atoms with van der Waals surface area (Å²) in [6.07, 6.45) is 4.63. The Morgan fingerprint density at radius 1 is 0.816 bits per heavy atom. The molecule has 2 fully saturated rings. The van der Waals surface area contributed by atoms with Crippen LogP contribution in [0, 0.1) is 11.8 Å². The van der Waals surface area contributed by atoms with Crippen LogP contribution in [0.5, 0.6) is 0 Å². The fourth-order valence-corrected chi connectivity index (χ4v) is 8.41. The van der Waals surface area contributed by atoms with Crippen molar-refractivity contribution in [2.75, 3.05) is 20.2 Å². The molecule has 4 atom stereocenters. The first kappa shape index (κ1) is 34.3. The molecule has 0 spiro atoms. The zero-order valence-electron chi connectivity index (χ0n) is 27.8. The van der Waals surface area contributed by atoms with E-state index in [1.807, 2.05) is 27.7 Å². The first-order chi connectivity index (χ1) is 23.4. The second-order valence-electron chi connectivity index (χ2n) is 12.9. The average Bonchev–Trinajstić information content (AvgIpc) is 3.89. The van der Waals surface area contributed by atoms with Gasteiger partial charge in [0.05, 0.1) is 43.0 Å². The molecule has 5 N–H and O–H groups in total. The van der Waals surface area contributed by atoms with E-state index < -0.39 is 24.3 Å². The van der Waals surface area contributed by atoms with Gasteiger partial charge in [0.25, 0.3) is 0 Å². The van der Waals surface area contributed by atoms with E-state index >= 15 is 0 Å². The standard InChI is InChI=1S/C31H40N10O6S2/c1-14(2)20(36-30(44)45)28(42)40-10-6-8-18(40)22-32-12-16(34-22)24-38-26-27(48-24)39-25(49-26)17-13-33-23(35-17)19-9-7-11-41(19)29(43)21(15(3)4)37-31(46)47-5/h12-15,18-21,36H,6-11H2,1-5H3,(H,32,34)(H,33,35)(H,37,46)(H,44,45)/t18-,19?,20-,21-/m0/s1. The van der Waals surface area contributed by atoms with E-state index in [-0.39, 0.29) is 35.7 Å². The molecule has 1 unspecified atom stereocenters. The monoisotopic (exact) mass is 712 g/mol. The lowest BCUT2D eigenvalue weighted by molar-refractivity contribution is -0.136.